The lowest BCUT2D eigenvalue weighted by atomic mass is 10.0. The highest BCUT2D eigenvalue weighted by Crippen LogP contribution is 2.38. The van der Waals surface area contributed by atoms with Gasteiger partial charge in [-0.05, 0) is 53.7 Å². The molecule has 5 rings (SSSR count). The Morgan fingerprint density at radius 3 is 2.89 bits per heavy atom. The number of fused-ring (bicyclic) bond motifs is 2. The van der Waals surface area contributed by atoms with Crippen molar-refractivity contribution >= 4 is 28.8 Å². The summed E-state index contributed by atoms with van der Waals surface area (Å²) >= 11 is 0. The minimum absolute atomic E-state index is 0.179. The Morgan fingerprint density at radius 1 is 1.24 bits per heavy atom. The number of hydrogen-bond donors (Lipinski definition) is 4. The molecule has 9 nitrogen and oxygen atoms in total. The standard InChI is InChI=1S/C29H32N6O3/c1-30-29(37)28-22(16-31-32-28)18-35(14-13-21-17-34(2)25-6-4-3-5-23(21)25)26-11-9-20-15-19(7-10-24(20)26)8-12-27(36)33-38/h3-8,10,12,15-17,26,38H,9,11,13-14,18H2,1-2H3,(H,30,37)(H,31,32)(H,33,36)/b12-8+. The molecule has 2 heterocycles. The van der Waals surface area contributed by atoms with Gasteiger partial charge in [0.05, 0.1) is 6.20 Å². The molecule has 0 spiro atoms. The number of nitrogens with zero attached hydrogens (tertiary/aromatic N) is 3. The number of hydroxylamine groups is 1. The highest BCUT2D eigenvalue weighted by molar-refractivity contribution is 5.93. The minimum Gasteiger partial charge on any atom is -0.354 e. The maximum Gasteiger partial charge on any atom is 0.269 e. The summed E-state index contributed by atoms with van der Waals surface area (Å²) in [4.78, 5) is 26.3. The van der Waals surface area contributed by atoms with Crippen LogP contribution in [0.3, 0.4) is 0 Å². The fourth-order valence-electron chi connectivity index (χ4n) is 5.51. The van der Waals surface area contributed by atoms with E-state index in [1.165, 1.54) is 33.7 Å². The second-order valence-corrected chi connectivity index (χ2v) is 9.67. The van der Waals surface area contributed by atoms with Crippen molar-refractivity contribution in [2.45, 2.75) is 31.8 Å². The normalized spacial score (nSPS) is 14.9. The van der Waals surface area contributed by atoms with E-state index in [1.807, 2.05) is 6.07 Å². The number of amides is 2. The van der Waals surface area contributed by atoms with Crippen LogP contribution in [0.25, 0.3) is 17.0 Å². The van der Waals surface area contributed by atoms with E-state index in [0.717, 1.165) is 36.9 Å². The first-order valence-electron chi connectivity index (χ1n) is 12.7. The molecule has 38 heavy (non-hydrogen) atoms. The van der Waals surface area contributed by atoms with Gasteiger partial charge in [0, 0.05) is 62.0 Å². The Morgan fingerprint density at radius 2 is 2.08 bits per heavy atom. The van der Waals surface area contributed by atoms with Crippen LogP contribution in [0.4, 0.5) is 0 Å². The predicted octanol–water partition coefficient (Wildman–Crippen LogP) is 3.51. The lowest BCUT2D eigenvalue weighted by Crippen LogP contribution is -2.30. The molecule has 0 saturated carbocycles. The molecule has 0 radical (unpaired) electrons. The molecule has 0 bridgehead atoms. The number of carbonyl (C=O) groups is 2. The number of H-pyrrole nitrogens is 1. The Bertz CT molecular complexity index is 1500. The van der Waals surface area contributed by atoms with Crippen molar-refractivity contribution in [3.63, 3.8) is 0 Å². The van der Waals surface area contributed by atoms with Gasteiger partial charge in [0.15, 0.2) is 0 Å². The molecule has 1 unspecified atom stereocenters. The number of aromatic nitrogens is 3. The van der Waals surface area contributed by atoms with Gasteiger partial charge in [-0.25, -0.2) is 5.48 Å². The highest BCUT2D eigenvalue weighted by Gasteiger charge is 2.29. The van der Waals surface area contributed by atoms with Gasteiger partial charge < -0.3 is 9.88 Å². The highest BCUT2D eigenvalue weighted by atomic mass is 16.5. The first kappa shape index (κ1) is 25.4. The molecular weight excluding hydrogens is 480 g/mol. The second kappa shape index (κ2) is 11.0. The molecule has 0 fully saturated rings. The third kappa shape index (κ3) is 5.11. The van der Waals surface area contributed by atoms with Gasteiger partial charge in [-0.2, -0.15) is 5.10 Å². The molecular formula is C29H32N6O3. The van der Waals surface area contributed by atoms with E-state index < -0.39 is 5.91 Å². The summed E-state index contributed by atoms with van der Waals surface area (Å²) in [6.07, 6.45) is 9.71. The van der Waals surface area contributed by atoms with Gasteiger partial charge in [0.1, 0.15) is 5.69 Å². The summed E-state index contributed by atoms with van der Waals surface area (Å²) in [5, 5.41) is 19.7. The maximum atomic E-state index is 12.4. The predicted molar refractivity (Wildman–Crippen MR) is 145 cm³/mol. The van der Waals surface area contributed by atoms with Gasteiger partial charge in [-0.1, -0.05) is 36.4 Å². The lowest BCUT2D eigenvalue weighted by molar-refractivity contribution is -0.124. The second-order valence-electron chi connectivity index (χ2n) is 9.67. The van der Waals surface area contributed by atoms with E-state index in [9.17, 15) is 9.59 Å². The number of para-hydroxylation sites is 1. The SMILES string of the molecule is CNC(=O)c1[nH]ncc1CN(CCc1cn(C)c2ccccc12)C1CCc2cc(/C=C/C(=O)NO)ccc21. The van der Waals surface area contributed by atoms with Gasteiger partial charge in [0.25, 0.3) is 11.8 Å². The number of benzene rings is 2. The summed E-state index contributed by atoms with van der Waals surface area (Å²) in [6.45, 7) is 1.40. The van der Waals surface area contributed by atoms with Crippen LogP contribution in [0.5, 0.6) is 0 Å². The summed E-state index contributed by atoms with van der Waals surface area (Å²) < 4.78 is 2.17. The molecule has 196 valence electrons. The molecule has 2 aromatic carbocycles. The Hall–Kier alpha value is -4.21. The van der Waals surface area contributed by atoms with E-state index in [2.05, 4.69) is 74.6 Å². The number of nitrogens with one attached hydrogen (secondary N) is 3. The summed E-state index contributed by atoms with van der Waals surface area (Å²) in [5.74, 6) is -0.739. The number of aryl methyl sites for hydroxylation is 2. The molecule has 0 saturated heterocycles. The topological polar surface area (TPSA) is 115 Å². The van der Waals surface area contributed by atoms with E-state index in [0.29, 0.717) is 12.2 Å². The zero-order valence-electron chi connectivity index (χ0n) is 21.6. The maximum absolute atomic E-state index is 12.4. The molecule has 9 heteroatoms. The molecule has 1 aliphatic rings. The van der Waals surface area contributed by atoms with Crippen molar-refractivity contribution in [2.24, 2.45) is 7.05 Å². The van der Waals surface area contributed by atoms with Crippen molar-refractivity contribution in [1.82, 2.24) is 30.5 Å². The van der Waals surface area contributed by atoms with E-state index in [4.69, 9.17) is 5.21 Å². The van der Waals surface area contributed by atoms with E-state index >= 15 is 0 Å². The van der Waals surface area contributed by atoms with E-state index in [-0.39, 0.29) is 11.9 Å². The lowest BCUT2D eigenvalue weighted by Gasteiger charge is -2.30. The third-order valence-electron chi connectivity index (χ3n) is 7.38. The van der Waals surface area contributed by atoms with Crippen molar-refractivity contribution in [3.8, 4) is 0 Å². The van der Waals surface area contributed by atoms with Gasteiger partial charge in [-0.3, -0.25) is 24.8 Å². The van der Waals surface area contributed by atoms with Crippen molar-refractivity contribution in [3.05, 3.63) is 94.4 Å². The molecule has 4 N–H and O–H groups in total. The number of rotatable bonds is 9. The third-order valence-corrected chi connectivity index (χ3v) is 7.38. The zero-order valence-corrected chi connectivity index (χ0v) is 21.6. The van der Waals surface area contributed by atoms with Crippen LogP contribution in [-0.2, 0) is 31.2 Å². The number of carbonyl (C=O) groups excluding carboxylic acids is 2. The van der Waals surface area contributed by atoms with Crippen LogP contribution in [-0.4, -0.2) is 50.3 Å². The Labute approximate surface area is 221 Å². The first-order valence-corrected chi connectivity index (χ1v) is 12.7. The largest absolute Gasteiger partial charge is 0.354 e. The van der Waals surface area contributed by atoms with Crippen molar-refractivity contribution in [1.29, 1.82) is 0 Å². The molecule has 1 aliphatic carbocycles. The Balaban J connectivity index is 1.43. The average Bonchev–Trinajstić information content (AvgIpc) is 3.66. The van der Waals surface area contributed by atoms with Crippen LogP contribution in [0.1, 0.15) is 50.8 Å². The monoisotopic (exact) mass is 512 g/mol. The van der Waals surface area contributed by atoms with Crippen LogP contribution in [0.15, 0.2) is 60.9 Å². The number of hydrogen-bond acceptors (Lipinski definition) is 5. The fraction of sp³-hybridized carbons (Fsp3) is 0.276. The first-order chi connectivity index (χ1) is 18.5. The van der Waals surface area contributed by atoms with Gasteiger partial charge in [-0.15, -0.1) is 0 Å². The fourth-order valence-corrected chi connectivity index (χ4v) is 5.51. The molecule has 2 amide bonds. The van der Waals surface area contributed by atoms with Gasteiger partial charge >= 0.3 is 0 Å². The van der Waals surface area contributed by atoms with Crippen LogP contribution in [0, 0.1) is 0 Å². The molecule has 0 aliphatic heterocycles. The summed E-state index contributed by atoms with van der Waals surface area (Å²) in [5.41, 5.74) is 8.90. The summed E-state index contributed by atoms with van der Waals surface area (Å²) in [7, 11) is 3.70. The molecule has 1 atom stereocenters. The smallest absolute Gasteiger partial charge is 0.269 e. The van der Waals surface area contributed by atoms with Gasteiger partial charge in [0.2, 0.25) is 0 Å². The average molecular weight is 513 g/mol. The molecule has 4 aromatic rings. The summed E-state index contributed by atoms with van der Waals surface area (Å²) in [6, 6.07) is 14.9. The minimum atomic E-state index is -0.560. The Kier molecular flexibility index (Phi) is 7.39. The number of aromatic amines is 1. The van der Waals surface area contributed by atoms with Crippen LogP contribution < -0.4 is 10.8 Å². The quantitative estimate of drug-likeness (QED) is 0.156. The van der Waals surface area contributed by atoms with Crippen molar-refractivity contribution in [2.75, 3.05) is 13.6 Å². The van der Waals surface area contributed by atoms with Crippen LogP contribution in [0.2, 0.25) is 0 Å². The zero-order chi connectivity index (χ0) is 26.6. The van der Waals surface area contributed by atoms with Crippen molar-refractivity contribution < 1.29 is 14.8 Å². The van der Waals surface area contributed by atoms with E-state index in [1.54, 1.807) is 24.8 Å². The van der Waals surface area contributed by atoms with Crippen LogP contribution >= 0.6 is 0 Å². The molecule has 2 aromatic heterocycles.